The Labute approximate surface area is 190 Å². The zero-order chi connectivity index (χ0) is 17.9. The molecule has 0 spiro atoms. The maximum absolute atomic E-state index is 2.53. The molecule has 2 aromatic rings. The van der Waals surface area contributed by atoms with Crippen molar-refractivity contribution in [3.8, 4) is 0 Å². The van der Waals surface area contributed by atoms with E-state index < -0.39 is 26.6 Å². The van der Waals surface area contributed by atoms with E-state index in [1.807, 2.05) is 0 Å². The van der Waals surface area contributed by atoms with Crippen molar-refractivity contribution in [2.75, 3.05) is 0 Å². The fourth-order valence-electron chi connectivity index (χ4n) is 4.32. The Kier molecular flexibility index (Phi) is 8.95. The van der Waals surface area contributed by atoms with Crippen LogP contribution in [0.4, 0.5) is 0 Å². The van der Waals surface area contributed by atoms with Crippen LogP contribution < -0.4 is 35.2 Å². The van der Waals surface area contributed by atoms with E-state index in [2.05, 4.69) is 111 Å². The van der Waals surface area contributed by atoms with Gasteiger partial charge in [0.05, 0.1) is 0 Å². The first-order valence-electron chi connectivity index (χ1n) is 9.42. The molecule has 0 saturated heterocycles. The number of halogens is 2. The van der Waals surface area contributed by atoms with Crippen molar-refractivity contribution in [3.05, 3.63) is 108 Å². The fourth-order valence-corrected chi connectivity index (χ4v) is 42.0. The van der Waals surface area contributed by atoms with Crippen LogP contribution in [0.2, 0.25) is 7.35 Å². The summed E-state index contributed by atoms with van der Waals surface area (Å²) in [5.41, 5.74) is 3.20. The third kappa shape index (κ3) is 4.79. The van der Waals surface area contributed by atoms with E-state index in [1.165, 1.54) is 0 Å². The van der Waals surface area contributed by atoms with Crippen LogP contribution in [0.25, 0.3) is 0 Å². The maximum Gasteiger partial charge on any atom is -1.00 e. The standard InChI is InChI=1S/C12H11Si.2C6H7.2ClH.Hf/c1-3-7-11(8-4-1)13-12-9-5-2-6-10-12;2*1-6-4-2-3-5-6;;;/h1-10,13H;2*2-5H,1H3;2*1H;/q;;;;;+2/p-2. The third-order valence-electron chi connectivity index (χ3n) is 5.62. The molecule has 0 amide bonds. The Bertz CT molecular complexity index is 814. The second kappa shape index (κ2) is 10.7. The van der Waals surface area contributed by atoms with Gasteiger partial charge in [-0.25, -0.2) is 0 Å². The zero-order valence-electron chi connectivity index (χ0n) is 16.2. The van der Waals surface area contributed by atoms with Crippen molar-refractivity contribution in [1.82, 2.24) is 0 Å². The average molecular weight is 591 g/mol. The molecule has 2 aromatic carbocycles. The Hall–Kier alpha value is -0.933. The van der Waals surface area contributed by atoms with E-state index in [0.717, 1.165) is 7.35 Å². The van der Waals surface area contributed by atoms with Gasteiger partial charge in [-0.2, -0.15) is 0 Å². The minimum atomic E-state index is -2.16. The predicted octanol–water partition coefficient (Wildman–Crippen LogP) is -1.24. The molecular weight excluding hydrogens is 566 g/mol. The molecule has 0 fully saturated rings. The summed E-state index contributed by atoms with van der Waals surface area (Å²) in [4.78, 5) is 0. The Morgan fingerprint density at radius 2 is 1.04 bits per heavy atom. The van der Waals surface area contributed by atoms with E-state index >= 15 is 0 Å². The van der Waals surface area contributed by atoms with Gasteiger partial charge in [0, 0.05) is 0 Å². The molecule has 0 bridgehead atoms. The second-order valence-electron chi connectivity index (χ2n) is 7.30. The van der Waals surface area contributed by atoms with Crippen LogP contribution in [0.1, 0.15) is 13.8 Å². The normalized spacial score (nSPS) is 19.7. The summed E-state index contributed by atoms with van der Waals surface area (Å²) >= 11 is -2.16. The molecule has 4 rings (SSSR count). The largest absolute Gasteiger partial charge is 1.00 e. The summed E-state index contributed by atoms with van der Waals surface area (Å²) in [6, 6.07) is 22.9. The van der Waals surface area contributed by atoms with Gasteiger partial charge in [-0.3, -0.25) is 0 Å². The van der Waals surface area contributed by atoms with Gasteiger partial charge in [0.15, 0.2) is 0 Å². The SMILES string of the molecule is CC1=CC=C[CH]1[Hf+2]([CH]1C=CC=C1C)[SiH](c1ccccc1)c1ccccc1.[Cl-].[Cl-]. The Morgan fingerprint density at radius 3 is 1.36 bits per heavy atom. The summed E-state index contributed by atoms with van der Waals surface area (Å²) in [5.74, 6) is -1.22. The molecule has 0 aromatic heterocycles. The molecule has 143 valence electrons. The molecule has 0 nitrogen and oxygen atoms in total. The minimum Gasteiger partial charge on any atom is -1.00 e. The smallest absolute Gasteiger partial charge is 1.00 e. The van der Waals surface area contributed by atoms with E-state index in [9.17, 15) is 0 Å². The fraction of sp³-hybridized carbons (Fsp3) is 0.167. The minimum absolute atomic E-state index is 0. The average Bonchev–Trinajstić information content (AvgIpc) is 3.29. The van der Waals surface area contributed by atoms with Gasteiger partial charge >= 0.3 is 166 Å². The summed E-state index contributed by atoms with van der Waals surface area (Å²) < 4.78 is 1.49. The monoisotopic (exact) mass is 591 g/mol. The first-order chi connectivity index (χ1) is 12.8. The summed E-state index contributed by atoms with van der Waals surface area (Å²) in [5, 5.41) is 3.28. The van der Waals surface area contributed by atoms with Crippen LogP contribution in [0, 0.1) is 0 Å². The summed E-state index contributed by atoms with van der Waals surface area (Å²) in [7, 11) is 0. The molecule has 0 N–H and O–H groups in total. The van der Waals surface area contributed by atoms with Crippen molar-refractivity contribution in [2.24, 2.45) is 0 Å². The Balaban J connectivity index is 0.00000140. The number of hydrogen-bond donors (Lipinski definition) is 0. The van der Waals surface area contributed by atoms with E-state index in [-0.39, 0.29) is 24.8 Å². The van der Waals surface area contributed by atoms with Crippen LogP contribution in [-0.2, 0) is 20.6 Å². The van der Waals surface area contributed by atoms with E-state index in [4.69, 9.17) is 0 Å². The number of allylic oxidation sites excluding steroid dienone is 8. The van der Waals surface area contributed by atoms with Crippen molar-refractivity contribution >= 4 is 16.4 Å². The molecule has 0 radical (unpaired) electrons. The van der Waals surface area contributed by atoms with Gasteiger partial charge in [-0.05, 0) is 0 Å². The van der Waals surface area contributed by atoms with Gasteiger partial charge in [-0.1, -0.05) is 0 Å². The van der Waals surface area contributed by atoms with Crippen molar-refractivity contribution in [3.63, 3.8) is 0 Å². The molecule has 28 heavy (non-hydrogen) atoms. The van der Waals surface area contributed by atoms with E-state index in [1.54, 1.807) is 21.5 Å². The molecule has 2 unspecified atom stereocenters. The van der Waals surface area contributed by atoms with Crippen molar-refractivity contribution in [1.29, 1.82) is 0 Å². The quantitative estimate of drug-likeness (QED) is 0.383. The molecule has 0 saturated carbocycles. The van der Waals surface area contributed by atoms with Gasteiger partial charge in [0.2, 0.25) is 0 Å². The Morgan fingerprint density at radius 1 is 0.643 bits per heavy atom. The molecule has 2 aliphatic carbocycles. The number of hydrogen-bond acceptors (Lipinski definition) is 0. The number of rotatable bonds is 5. The van der Waals surface area contributed by atoms with Gasteiger partial charge in [0.1, 0.15) is 0 Å². The predicted molar refractivity (Wildman–Crippen MR) is 113 cm³/mol. The second-order valence-corrected chi connectivity index (χ2v) is 29.2. The summed E-state index contributed by atoms with van der Waals surface area (Å²) in [6.07, 6.45) is 14.4. The summed E-state index contributed by atoms with van der Waals surface area (Å²) in [6.45, 7) is 4.71. The third-order valence-corrected chi connectivity index (χ3v) is 38.5. The van der Waals surface area contributed by atoms with Crippen LogP contribution in [0.5, 0.6) is 0 Å². The molecule has 2 atom stereocenters. The van der Waals surface area contributed by atoms with Gasteiger partial charge < -0.3 is 24.8 Å². The van der Waals surface area contributed by atoms with E-state index in [0.29, 0.717) is 0 Å². The molecule has 4 heteroatoms. The molecule has 2 aliphatic rings. The van der Waals surface area contributed by atoms with Crippen LogP contribution in [-0.4, -0.2) is 5.98 Å². The van der Waals surface area contributed by atoms with Crippen LogP contribution >= 0.6 is 0 Å². The molecular formula is C24H25Cl2HfSi. The number of benzene rings is 2. The topological polar surface area (TPSA) is 0 Å². The molecule has 0 heterocycles. The first-order valence-corrected chi connectivity index (χ1v) is 21.5. The zero-order valence-corrected chi connectivity index (χ0v) is 22.5. The van der Waals surface area contributed by atoms with Crippen molar-refractivity contribution < 1.29 is 45.4 Å². The van der Waals surface area contributed by atoms with Gasteiger partial charge in [-0.15, -0.1) is 0 Å². The maximum atomic E-state index is 2.53. The van der Waals surface area contributed by atoms with Gasteiger partial charge in [0.25, 0.3) is 0 Å². The first kappa shape index (κ1) is 23.3. The molecule has 0 aliphatic heterocycles. The van der Waals surface area contributed by atoms with Crippen LogP contribution in [0.3, 0.4) is 0 Å². The van der Waals surface area contributed by atoms with Crippen LogP contribution in [0.15, 0.2) is 108 Å². The van der Waals surface area contributed by atoms with Crippen molar-refractivity contribution in [2.45, 2.75) is 21.2 Å².